The lowest BCUT2D eigenvalue weighted by molar-refractivity contribution is 0.435. The zero-order chi connectivity index (χ0) is 15.2. The maximum Gasteiger partial charge on any atom is 0.123 e. The second-order valence-electron chi connectivity index (χ2n) is 5.95. The highest BCUT2D eigenvalue weighted by atomic mass is 19.1. The third kappa shape index (κ3) is 4.40. The van der Waals surface area contributed by atoms with Gasteiger partial charge in [-0.05, 0) is 42.0 Å². The minimum atomic E-state index is -0.176. The standard InChI is InChI=1S/C19H24FN/c1-14(2)19(16-8-5-4-6-9-16)13-21-15(3)17-10-7-11-18(20)12-17/h4-12,14-15,19,21H,13H2,1-3H3/t15-,19?/m1/s1. The van der Waals surface area contributed by atoms with Gasteiger partial charge in [-0.15, -0.1) is 0 Å². The van der Waals surface area contributed by atoms with Gasteiger partial charge in [0.2, 0.25) is 0 Å². The summed E-state index contributed by atoms with van der Waals surface area (Å²) in [6.07, 6.45) is 0. The molecule has 0 aliphatic rings. The zero-order valence-electron chi connectivity index (χ0n) is 13.0. The molecule has 112 valence electrons. The van der Waals surface area contributed by atoms with Gasteiger partial charge in [-0.2, -0.15) is 0 Å². The van der Waals surface area contributed by atoms with E-state index in [4.69, 9.17) is 0 Å². The molecule has 0 fully saturated rings. The Morgan fingerprint density at radius 2 is 1.57 bits per heavy atom. The van der Waals surface area contributed by atoms with Crippen LogP contribution in [0.2, 0.25) is 0 Å². The van der Waals surface area contributed by atoms with E-state index in [-0.39, 0.29) is 11.9 Å². The third-order valence-corrected chi connectivity index (χ3v) is 4.03. The number of rotatable bonds is 6. The first-order valence-electron chi connectivity index (χ1n) is 7.61. The van der Waals surface area contributed by atoms with Gasteiger partial charge in [0.15, 0.2) is 0 Å². The van der Waals surface area contributed by atoms with Crippen molar-refractivity contribution in [3.63, 3.8) is 0 Å². The van der Waals surface area contributed by atoms with Crippen LogP contribution < -0.4 is 5.32 Å². The summed E-state index contributed by atoms with van der Waals surface area (Å²) in [6.45, 7) is 7.45. The lowest BCUT2D eigenvalue weighted by atomic mass is 9.88. The normalized spacial score (nSPS) is 14.1. The van der Waals surface area contributed by atoms with E-state index in [1.165, 1.54) is 11.6 Å². The Morgan fingerprint density at radius 1 is 0.905 bits per heavy atom. The molecule has 0 radical (unpaired) electrons. The summed E-state index contributed by atoms with van der Waals surface area (Å²) < 4.78 is 13.3. The molecule has 2 rings (SSSR count). The average molecular weight is 285 g/mol. The highest BCUT2D eigenvalue weighted by Crippen LogP contribution is 2.24. The second kappa shape index (κ2) is 7.37. The fourth-order valence-corrected chi connectivity index (χ4v) is 2.64. The Morgan fingerprint density at radius 3 is 2.19 bits per heavy atom. The van der Waals surface area contributed by atoms with Crippen LogP contribution in [0.5, 0.6) is 0 Å². The smallest absolute Gasteiger partial charge is 0.123 e. The molecule has 0 bridgehead atoms. The quantitative estimate of drug-likeness (QED) is 0.794. The Labute approximate surface area is 127 Å². The van der Waals surface area contributed by atoms with Crippen molar-refractivity contribution in [2.24, 2.45) is 5.92 Å². The summed E-state index contributed by atoms with van der Waals surface area (Å²) in [7, 11) is 0. The Balaban J connectivity index is 2.02. The van der Waals surface area contributed by atoms with E-state index in [0.717, 1.165) is 12.1 Å². The van der Waals surface area contributed by atoms with Crippen LogP contribution in [0.15, 0.2) is 54.6 Å². The minimum Gasteiger partial charge on any atom is -0.310 e. The Kier molecular flexibility index (Phi) is 5.51. The predicted molar refractivity (Wildman–Crippen MR) is 86.8 cm³/mol. The van der Waals surface area contributed by atoms with Gasteiger partial charge in [-0.1, -0.05) is 56.3 Å². The molecule has 0 aliphatic carbocycles. The second-order valence-corrected chi connectivity index (χ2v) is 5.95. The van der Waals surface area contributed by atoms with Gasteiger partial charge in [-0.3, -0.25) is 0 Å². The molecule has 0 aliphatic heterocycles. The minimum absolute atomic E-state index is 0.144. The number of benzene rings is 2. The molecule has 1 nitrogen and oxygen atoms in total. The Bertz CT molecular complexity index is 551. The summed E-state index contributed by atoms with van der Waals surface area (Å²) in [5.41, 5.74) is 2.34. The van der Waals surface area contributed by atoms with Crippen molar-refractivity contribution in [2.45, 2.75) is 32.7 Å². The number of halogens is 1. The molecule has 2 heteroatoms. The molecule has 1 unspecified atom stereocenters. The first kappa shape index (κ1) is 15.7. The van der Waals surface area contributed by atoms with Crippen LogP contribution in [0.1, 0.15) is 43.9 Å². The molecule has 0 spiro atoms. The molecule has 0 heterocycles. The van der Waals surface area contributed by atoms with E-state index in [2.05, 4.69) is 50.4 Å². The third-order valence-electron chi connectivity index (χ3n) is 4.03. The van der Waals surface area contributed by atoms with Gasteiger partial charge < -0.3 is 5.32 Å². The van der Waals surface area contributed by atoms with Crippen molar-refractivity contribution in [2.75, 3.05) is 6.54 Å². The van der Waals surface area contributed by atoms with E-state index in [1.807, 2.05) is 12.1 Å². The summed E-state index contributed by atoms with van der Waals surface area (Å²) in [5.74, 6) is 0.839. The lowest BCUT2D eigenvalue weighted by Gasteiger charge is -2.24. The summed E-state index contributed by atoms with van der Waals surface area (Å²) in [6, 6.07) is 17.5. The molecular formula is C19H24FN. The van der Waals surface area contributed by atoms with Crippen LogP contribution in [0, 0.1) is 11.7 Å². The van der Waals surface area contributed by atoms with Gasteiger partial charge in [0, 0.05) is 12.6 Å². The lowest BCUT2D eigenvalue weighted by Crippen LogP contribution is -2.27. The van der Waals surface area contributed by atoms with Gasteiger partial charge in [0.25, 0.3) is 0 Å². The van der Waals surface area contributed by atoms with Crippen molar-refractivity contribution in [3.05, 3.63) is 71.5 Å². The number of hydrogen-bond donors (Lipinski definition) is 1. The largest absolute Gasteiger partial charge is 0.310 e. The maximum atomic E-state index is 13.3. The van der Waals surface area contributed by atoms with Crippen LogP contribution in [0.4, 0.5) is 4.39 Å². The number of nitrogens with one attached hydrogen (secondary N) is 1. The van der Waals surface area contributed by atoms with Gasteiger partial charge >= 0.3 is 0 Å². The van der Waals surface area contributed by atoms with E-state index >= 15 is 0 Å². The molecule has 2 atom stereocenters. The first-order chi connectivity index (χ1) is 10.1. The van der Waals surface area contributed by atoms with Crippen LogP contribution in [-0.2, 0) is 0 Å². The van der Waals surface area contributed by atoms with E-state index in [1.54, 1.807) is 12.1 Å². The van der Waals surface area contributed by atoms with E-state index < -0.39 is 0 Å². The molecule has 2 aromatic carbocycles. The van der Waals surface area contributed by atoms with Crippen molar-refractivity contribution in [3.8, 4) is 0 Å². The molecule has 21 heavy (non-hydrogen) atoms. The monoisotopic (exact) mass is 285 g/mol. The van der Waals surface area contributed by atoms with Crippen molar-refractivity contribution >= 4 is 0 Å². The molecular weight excluding hydrogens is 261 g/mol. The predicted octanol–water partition coefficient (Wildman–Crippen LogP) is 4.92. The van der Waals surface area contributed by atoms with Crippen LogP contribution in [0.25, 0.3) is 0 Å². The van der Waals surface area contributed by atoms with Crippen LogP contribution in [-0.4, -0.2) is 6.54 Å². The summed E-state index contributed by atoms with van der Waals surface area (Å²) in [4.78, 5) is 0. The summed E-state index contributed by atoms with van der Waals surface area (Å²) in [5, 5.41) is 3.54. The zero-order valence-corrected chi connectivity index (χ0v) is 13.0. The first-order valence-corrected chi connectivity index (χ1v) is 7.61. The highest BCUT2D eigenvalue weighted by molar-refractivity contribution is 5.22. The van der Waals surface area contributed by atoms with Crippen molar-refractivity contribution in [1.82, 2.24) is 5.32 Å². The average Bonchev–Trinajstić information content (AvgIpc) is 2.48. The van der Waals surface area contributed by atoms with E-state index in [0.29, 0.717) is 11.8 Å². The molecule has 0 saturated heterocycles. The molecule has 2 aromatic rings. The fraction of sp³-hybridized carbons (Fsp3) is 0.368. The van der Waals surface area contributed by atoms with Crippen molar-refractivity contribution < 1.29 is 4.39 Å². The van der Waals surface area contributed by atoms with Crippen molar-refractivity contribution in [1.29, 1.82) is 0 Å². The molecule has 0 saturated carbocycles. The van der Waals surface area contributed by atoms with Crippen LogP contribution in [0.3, 0.4) is 0 Å². The van der Waals surface area contributed by atoms with Gasteiger partial charge in [0.1, 0.15) is 5.82 Å². The topological polar surface area (TPSA) is 12.0 Å². The Hall–Kier alpha value is -1.67. The molecule has 0 aromatic heterocycles. The van der Waals surface area contributed by atoms with Gasteiger partial charge in [-0.25, -0.2) is 4.39 Å². The highest BCUT2D eigenvalue weighted by Gasteiger charge is 2.17. The fourth-order valence-electron chi connectivity index (χ4n) is 2.64. The SMILES string of the molecule is CC(C)C(CN[C@H](C)c1cccc(F)c1)c1ccccc1. The molecule has 0 amide bonds. The number of hydrogen-bond acceptors (Lipinski definition) is 1. The maximum absolute atomic E-state index is 13.3. The van der Waals surface area contributed by atoms with E-state index in [9.17, 15) is 4.39 Å². The summed E-state index contributed by atoms with van der Waals surface area (Å²) >= 11 is 0. The van der Waals surface area contributed by atoms with Gasteiger partial charge in [0.05, 0.1) is 0 Å². The molecule has 1 N–H and O–H groups in total. The van der Waals surface area contributed by atoms with Crippen LogP contribution >= 0.6 is 0 Å².